The molecular formula is C29H28N4O3. The summed E-state index contributed by atoms with van der Waals surface area (Å²) in [7, 11) is 0. The van der Waals surface area contributed by atoms with Crippen LogP contribution in [0.1, 0.15) is 28.7 Å². The number of benzene rings is 3. The molecule has 36 heavy (non-hydrogen) atoms. The largest absolute Gasteiger partial charge is 0.481 e. The van der Waals surface area contributed by atoms with Crippen molar-refractivity contribution in [1.29, 1.82) is 0 Å². The molecule has 5 aromatic rings. The number of hydrogen-bond donors (Lipinski definition) is 2. The van der Waals surface area contributed by atoms with Crippen molar-refractivity contribution < 1.29 is 14.4 Å². The Bertz CT molecular complexity index is 1520. The van der Waals surface area contributed by atoms with E-state index in [0.717, 1.165) is 34.1 Å². The Hall–Kier alpha value is -4.23. The van der Waals surface area contributed by atoms with E-state index in [1.54, 1.807) is 0 Å². The molecule has 2 heterocycles. The Labute approximate surface area is 209 Å². The quantitative estimate of drug-likeness (QED) is 0.267. The fourth-order valence-corrected chi connectivity index (χ4v) is 4.30. The molecule has 0 saturated heterocycles. The smallest absolute Gasteiger partial charge is 0.304 e. The molecule has 0 spiro atoms. The van der Waals surface area contributed by atoms with Crippen LogP contribution in [0.25, 0.3) is 33.7 Å². The molecule has 0 aliphatic heterocycles. The number of nitrogens with one attached hydrogen (secondary N) is 1. The van der Waals surface area contributed by atoms with Crippen molar-refractivity contribution in [2.45, 2.75) is 33.4 Å². The summed E-state index contributed by atoms with van der Waals surface area (Å²) in [6.07, 6.45) is 2.19. The first-order chi connectivity index (χ1) is 17.5. The highest BCUT2D eigenvalue weighted by Crippen LogP contribution is 2.31. The molecule has 0 saturated carbocycles. The Morgan fingerprint density at radius 3 is 2.56 bits per heavy atom. The molecule has 0 radical (unpaired) electrons. The molecule has 2 N–H and O–H groups in total. The van der Waals surface area contributed by atoms with Gasteiger partial charge >= 0.3 is 5.97 Å². The van der Waals surface area contributed by atoms with Gasteiger partial charge in [0.25, 0.3) is 5.89 Å². The van der Waals surface area contributed by atoms with E-state index in [2.05, 4.69) is 65.4 Å². The molecule has 3 aromatic carbocycles. The van der Waals surface area contributed by atoms with Gasteiger partial charge in [-0.3, -0.25) is 4.79 Å². The minimum absolute atomic E-state index is 0.102. The van der Waals surface area contributed by atoms with Crippen molar-refractivity contribution in [3.63, 3.8) is 0 Å². The predicted octanol–water partition coefficient (Wildman–Crippen LogP) is 5.59. The molecule has 0 aliphatic rings. The minimum atomic E-state index is -0.806. The van der Waals surface area contributed by atoms with E-state index in [1.807, 2.05) is 36.4 Å². The predicted molar refractivity (Wildman–Crippen MR) is 140 cm³/mol. The van der Waals surface area contributed by atoms with Crippen molar-refractivity contribution >= 4 is 16.9 Å². The number of nitrogens with zero attached hydrogens (tertiary/aromatic N) is 3. The third-order valence-corrected chi connectivity index (χ3v) is 6.43. The van der Waals surface area contributed by atoms with Crippen LogP contribution in [-0.4, -0.2) is 32.3 Å². The molecule has 0 unspecified atom stereocenters. The number of fused-ring (bicyclic) bond motifs is 1. The zero-order valence-electron chi connectivity index (χ0n) is 20.4. The van der Waals surface area contributed by atoms with Crippen LogP contribution in [0.3, 0.4) is 0 Å². The molecule has 7 nitrogen and oxygen atoms in total. The molecule has 182 valence electrons. The summed E-state index contributed by atoms with van der Waals surface area (Å²) in [6.45, 7) is 6.06. The lowest BCUT2D eigenvalue weighted by Crippen LogP contribution is -2.17. The topological polar surface area (TPSA) is 93.2 Å². The van der Waals surface area contributed by atoms with E-state index in [4.69, 9.17) is 14.6 Å². The lowest BCUT2D eigenvalue weighted by molar-refractivity contribution is -0.136. The number of para-hydroxylation sites is 1. The molecule has 7 heteroatoms. The molecule has 5 rings (SSSR count). The first kappa shape index (κ1) is 23.5. The molecule has 0 fully saturated rings. The monoisotopic (exact) mass is 480 g/mol. The summed E-state index contributed by atoms with van der Waals surface area (Å²) in [4.78, 5) is 15.3. The number of aliphatic carboxylic acids is 1. The van der Waals surface area contributed by atoms with Crippen LogP contribution in [0.15, 0.2) is 77.4 Å². The zero-order valence-corrected chi connectivity index (χ0v) is 20.4. The van der Waals surface area contributed by atoms with Gasteiger partial charge < -0.3 is 19.5 Å². The normalized spacial score (nSPS) is 11.3. The highest BCUT2D eigenvalue weighted by atomic mass is 16.5. The number of aromatic nitrogens is 3. The number of carboxylic acid groups (broad SMARTS) is 1. The standard InChI is InChI=1S/C29H28N4O3/c1-19-7-8-22(15-20(19)2)17-33-18-25(24-5-3-4-6-26(24)33)29-31-28(32-36-29)23-11-9-21(10-12-23)16-30-14-13-27(34)35/h3-12,15,18,30H,13-14,16-17H2,1-2H3,(H,34,35). The Kier molecular flexibility index (Phi) is 6.64. The maximum absolute atomic E-state index is 10.6. The van der Waals surface area contributed by atoms with Gasteiger partial charge in [-0.1, -0.05) is 65.8 Å². The van der Waals surface area contributed by atoms with E-state index >= 15 is 0 Å². The highest BCUT2D eigenvalue weighted by Gasteiger charge is 2.17. The minimum Gasteiger partial charge on any atom is -0.481 e. The van der Waals surface area contributed by atoms with Gasteiger partial charge in [0.1, 0.15) is 0 Å². The lowest BCUT2D eigenvalue weighted by atomic mass is 10.1. The lowest BCUT2D eigenvalue weighted by Gasteiger charge is -2.08. The van der Waals surface area contributed by atoms with E-state index in [-0.39, 0.29) is 6.42 Å². The van der Waals surface area contributed by atoms with Gasteiger partial charge in [-0.05, 0) is 42.2 Å². The van der Waals surface area contributed by atoms with Crippen LogP contribution in [0.5, 0.6) is 0 Å². The summed E-state index contributed by atoms with van der Waals surface area (Å²) in [5.41, 5.74) is 7.76. The van der Waals surface area contributed by atoms with Crippen molar-refractivity contribution in [2.75, 3.05) is 6.54 Å². The maximum atomic E-state index is 10.6. The Morgan fingerprint density at radius 2 is 1.78 bits per heavy atom. The van der Waals surface area contributed by atoms with Crippen molar-refractivity contribution in [2.24, 2.45) is 0 Å². The highest BCUT2D eigenvalue weighted by molar-refractivity contribution is 5.94. The van der Waals surface area contributed by atoms with Gasteiger partial charge in [-0.25, -0.2) is 0 Å². The van der Waals surface area contributed by atoms with Crippen LogP contribution < -0.4 is 5.32 Å². The van der Waals surface area contributed by atoms with E-state index in [9.17, 15) is 4.79 Å². The van der Waals surface area contributed by atoms with Crippen LogP contribution in [0.4, 0.5) is 0 Å². The number of rotatable bonds is 9. The van der Waals surface area contributed by atoms with Gasteiger partial charge in [-0.15, -0.1) is 0 Å². The summed E-state index contributed by atoms with van der Waals surface area (Å²) in [6, 6.07) is 22.7. The number of hydrogen-bond acceptors (Lipinski definition) is 5. The van der Waals surface area contributed by atoms with Crippen LogP contribution in [0.2, 0.25) is 0 Å². The zero-order chi connectivity index (χ0) is 25.1. The summed E-state index contributed by atoms with van der Waals surface area (Å²) in [5.74, 6) is 0.208. The van der Waals surface area contributed by atoms with E-state index < -0.39 is 5.97 Å². The van der Waals surface area contributed by atoms with Gasteiger partial charge in [-0.2, -0.15) is 4.98 Å². The van der Waals surface area contributed by atoms with Gasteiger partial charge in [0, 0.05) is 42.3 Å². The summed E-state index contributed by atoms with van der Waals surface area (Å²) < 4.78 is 7.93. The van der Waals surface area contributed by atoms with Gasteiger partial charge in [0.15, 0.2) is 0 Å². The SMILES string of the molecule is Cc1ccc(Cn2cc(-c3nc(-c4ccc(CNCCC(=O)O)cc4)no3)c3ccccc32)cc1C. The number of carbonyl (C=O) groups is 1. The second-order valence-corrected chi connectivity index (χ2v) is 9.05. The third kappa shape index (κ3) is 5.06. The number of carboxylic acids is 1. The van der Waals surface area contributed by atoms with E-state index in [0.29, 0.717) is 24.8 Å². The molecule has 0 amide bonds. The summed E-state index contributed by atoms with van der Waals surface area (Å²) in [5, 5.41) is 17.2. The average Bonchev–Trinajstić information content (AvgIpc) is 3.50. The van der Waals surface area contributed by atoms with Crippen LogP contribution >= 0.6 is 0 Å². The molecule has 0 aliphatic carbocycles. The van der Waals surface area contributed by atoms with Crippen LogP contribution in [0, 0.1) is 13.8 Å². The first-order valence-electron chi connectivity index (χ1n) is 12.0. The molecular weight excluding hydrogens is 452 g/mol. The van der Waals surface area contributed by atoms with Gasteiger partial charge in [0.05, 0.1) is 12.0 Å². The molecule has 0 bridgehead atoms. The van der Waals surface area contributed by atoms with Gasteiger partial charge in [0.2, 0.25) is 5.82 Å². The van der Waals surface area contributed by atoms with Crippen LogP contribution in [-0.2, 0) is 17.9 Å². The van der Waals surface area contributed by atoms with Crippen molar-refractivity contribution in [3.05, 3.63) is 95.2 Å². The fraction of sp³-hybridized carbons (Fsp3) is 0.207. The molecule has 0 atom stereocenters. The third-order valence-electron chi connectivity index (χ3n) is 6.43. The first-order valence-corrected chi connectivity index (χ1v) is 12.0. The second-order valence-electron chi connectivity index (χ2n) is 9.05. The maximum Gasteiger partial charge on any atom is 0.304 e. The summed E-state index contributed by atoms with van der Waals surface area (Å²) >= 11 is 0. The van der Waals surface area contributed by atoms with Crippen molar-refractivity contribution in [1.82, 2.24) is 20.0 Å². The molecule has 2 aromatic heterocycles. The average molecular weight is 481 g/mol. The fourth-order valence-electron chi connectivity index (χ4n) is 4.30. The van der Waals surface area contributed by atoms with E-state index in [1.165, 1.54) is 16.7 Å². The Balaban J connectivity index is 1.37. The van der Waals surface area contributed by atoms with Crippen molar-refractivity contribution in [3.8, 4) is 22.8 Å². The second kappa shape index (κ2) is 10.2. The Morgan fingerprint density at radius 1 is 1.00 bits per heavy atom. The number of aryl methyl sites for hydroxylation is 2.